The molecule has 30 heavy (non-hydrogen) atoms. The second-order valence-electron chi connectivity index (χ2n) is 8.13. The zero-order chi connectivity index (χ0) is 20.2. The molecule has 0 saturated heterocycles. The Balaban J connectivity index is 1.38. The molecule has 0 bridgehead atoms. The summed E-state index contributed by atoms with van der Waals surface area (Å²) in [5, 5.41) is 0. The molecule has 0 spiro atoms. The van der Waals surface area contributed by atoms with Crippen molar-refractivity contribution in [3.05, 3.63) is 107 Å². The van der Waals surface area contributed by atoms with Crippen LogP contribution in [0.5, 0.6) is 0 Å². The molecule has 3 aliphatic rings. The molecule has 3 aromatic rings. The number of imide groups is 1. The highest BCUT2D eigenvalue weighted by atomic mass is 16.2. The van der Waals surface area contributed by atoms with Gasteiger partial charge in [-0.2, -0.15) is 0 Å². The Bertz CT molecular complexity index is 1230. The van der Waals surface area contributed by atoms with Crippen LogP contribution in [0.4, 0.5) is 0 Å². The lowest BCUT2D eigenvalue weighted by Gasteiger charge is -2.28. The smallest absolute Gasteiger partial charge is 0.262 e. The second-order valence-corrected chi connectivity index (χ2v) is 8.13. The Kier molecular flexibility index (Phi) is 3.79. The van der Waals surface area contributed by atoms with Crippen LogP contribution in [0.25, 0.3) is 16.7 Å². The van der Waals surface area contributed by atoms with E-state index in [9.17, 15) is 9.59 Å². The number of amides is 2. The fourth-order valence-corrected chi connectivity index (χ4v) is 5.12. The van der Waals surface area contributed by atoms with Gasteiger partial charge in [0.05, 0.1) is 17.7 Å². The van der Waals surface area contributed by atoms with Gasteiger partial charge in [-0.15, -0.1) is 0 Å². The van der Waals surface area contributed by atoms with E-state index in [1.807, 2.05) is 0 Å². The van der Waals surface area contributed by atoms with Crippen LogP contribution in [-0.2, 0) is 19.3 Å². The lowest BCUT2D eigenvalue weighted by Crippen LogP contribution is -2.28. The lowest BCUT2D eigenvalue weighted by molar-refractivity contribution is 0.0705. The third-order valence-corrected chi connectivity index (χ3v) is 6.55. The molecule has 2 amide bonds. The van der Waals surface area contributed by atoms with Gasteiger partial charge in [-0.05, 0) is 76.8 Å². The summed E-state index contributed by atoms with van der Waals surface area (Å²) in [5.74, 6) is -0.481. The van der Waals surface area contributed by atoms with Crippen molar-refractivity contribution < 1.29 is 9.59 Å². The van der Waals surface area contributed by atoms with Gasteiger partial charge in [0.2, 0.25) is 0 Å². The summed E-state index contributed by atoms with van der Waals surface area (Å²) < 4.78 is 0. The number of aryl methyl sites for hydroxylation is 1. The average molecular weight is 390 g/mol. The highest BCUT2D eigenvalue weighted by Crippen LogP contribution is 2.41. The molecule has 3 aromatic carbocycles. The van der Waals surface area contributed by atoms with Crippen LogP contribution in [-0.4, -0.2) is 16.7 Å². The molecule has 3 heteroatoms. The predicted molar refractivity (Wildman–Crippen MR) is 117 cm³/mol. The zero-order valence-electron chi connectivity index (χ0n) is 16.5. The van der Waals surface area contributed by atoms with E-state index in [0.29, 0.717) is 11.1 Å². The number of fused-ring (bicyclic) bond motifs is 6. The van der Waals surface area contributed by atoms with Crippen LogP contribution in [0.3, 0.4) is 0 Å². The molecule has 0 saturated carbocycles. The van der Waals surface area contributed by atoms with E-state index in [1.165, 1.54) is 32.7 Å². The minimum absolute atomic E-state index is 0.240. The normalized spacial score (nSPS) is 16.5. The number of nitrogens with zero attached hydrogens (tertiary/aromatic N) is 1. The molecule has 145 valence electrons. The SMILES string of the molecule is O=C1c2ccccc2C(=O)N1[CH]C1=CCCc2c1ccc1c2CCc2ccccc2-1. The molecule has 0 unspecified atom stereocenters. The number of benzene rings is 3. The van der Waals surface area contributed by atoms with E-state index in [1.54, 1.807) is 30.8 Å². The highest BCUT2D eigenvalue weighted by molar-refractivity contribution is 6.22. The number of carbonyl (C=O) groups is 2. The monoisotopic (exact) mass is 390 g/mol. The van der Waals surface area contributed by atoms with Crippen molar-refractivity contribution >= 4 is 17.4 Å². The van der Waals surface area contributed by atoms with Crippen molar-refractivity contribution in [2.24, 2.45) is 0 Å². The summed E-state index contributed by atoms with van der Waals surface area (Å²) in [5.41, 5.74) is 9.95. The standard InChI is InChI=1S/C27H20NO2/c29-26-24-9-3-4-10-25(24)27(30)28(26)16-18-7-5-11-21-20(18)14-15-22-19-8-2-1-6-17(19)12-13-23(21)22/h1-4,6-10,14-16H,5,11-13H2. The topological polar surface area (TPSA) is 37.4 Å². The van der Waals surface area contributed by atoms with Gasteiger partial charge in [0.25, 0.3) is 11.8 Å². The minimum atomic E-state index is -0.240. The van der Waals surface area contributed by atoms with Gasteiger partial charge in [0.15, 0.2) is 0 Å². The third-order valence-electron chi connectivity index (χ3n) is 6.55. The quantitative estimate of drug-likeness (QED) is 0.561. The van der Waals surface area contributed by atoms with Crippen LogP contribution >= 0.6 is 0 Å². The van der Waals surface area contributed by atoms with Crippen molar-refractivity contribution in [2.75, 3.05) is 0 Å². The van der Waals surface area contributed by atoms with Crippen LogP contribution in [0.1, 0.15) is 49.4 Å². The minimum Gasteiger partial charge on any atom is -0.269 e. The molecule has 6 rings (SSSR count). The van der Waals surface area contributed by atoms with Crippen LogP contribution < -0.4 is 0 Å². The summed E-state index contributed by atoms with van der Waals surface area (Å²) in [7, 11) is 0. The largest absolute Gasteiger partial charge is 0.269 e. The molecule has 1 radical (unpaired) electrons. The maximum absolute atomic E-state index is 12.8. The molecule has 2 aliphatic carbocycles. The first-order valence-electron chi connectivity index (χ1n) is 10.5. The Morgan fingerprint density at radius 3 is 2.03 bits per heavy atom. The Labute approximate surface area is 175 Å². The van der Waals surface area contributed by atoms with Gasteiger partial charge in [-0.3, -0.25) is 14.5 Å². The van der Waals surface area contributed by atoms with E-state index in [-0.39, 0.29) is 11.8 Å². The number of carbonyl (C=O) groups excluding carboxylic acids is 2. The second kappa shape index (κ2) is 6.53. The first-order valence-corrected chi connectivity index (χ1v) is 10.5. The van der Waals surface area contributed by atoms with Crippen LogP contribution in [0.2, 0.25) is 0 Å². The summed E-state index contributed by atoms with van der Waals surface area (Å²) in [6.45, 7) is 1.74. The molecule has 0 N–H and O–H groups in total. The van der Waals surface area contributed by atoms with Crippen LogP contribution in [0, 0.1) is 6.54 Å². The first kappa shape index (κ1) is 17.4. The fourth-order valence-electron chi connectivity index (χ4n) is 5.12. The van der Waals surface area contributed by atoms with Gasteiger partial charge in [0, 0.05) is 0 Å². The molecule has 0 fully saturated rings. The average Bonchev–Trinajstić information content (AvgIpc) is 3.04. The van der Waals surface area contributed by atoms with Crippen LogP contribution in [0.15, 0.2) is 66.7 Å². The van der Waals surface area contributed by atoms with E-state index >= 15 is 0 Å². The van der Waals surface area contributed by atoms with Crippen molar-refractivity contribution in [3.63, 3.8) is 0 Å². The maximum atomic E-state index is 12.8. The van der Waals surface area contributed by atoms with Gasteiger partial charge < -0.3 is 0 Å². The van der Waals surface area contributed by atoms with Crippen molar-refractivity contribution in [1.82, 2.24) is 4.90 Å². The predicted octanol–water partition coefficient (Wildman–Crippen LogP) is 5.24. The Hall–Kier alpha value is -3.46. The summed E-state index contributed by atoms with van der Waals surface area (Å²) in [6, 6.07) is 20.1. The third kappa shape index (κ3) is 2.45. The molecule has 1 heterocycles. The first-order chi connectivity index (χ1) is 14.7. The summed E-state index contributed by atoms with van der Waals surface area (Å²) in [6.07, 6.45) is 6.16. The lowest BCUT2D eigenvalue weighted by atomic mass is 9.78. The zero-order valence-corrected chi connectivity index (χ0v) is 16.5. The summed E-state index contributed by atoms with van der Waals surface area (Å²) in [4.78, 5) is 26.9. The van der Waals surface area contributed by atoms with Crippen molar-refractivity contribution in [1.29, 1.82) is 0 Å². The van der Waals surface area contributed by atoms with Gasteiger partial charge in [0.1, 0.15) is 0 Å². The number of hydrogen-bond acceptors (Lipinski definition) is 2. The molecule has 3 nitrogen and oxygen atoms in total. The Morgan fingerprint density at radius 1 is 0.633 bits per heavy atom. The number of hydrogen-bond donors (Lipinski definition) is 0. The van der Waals surface area contributed by atoms with Crippen molar-refractivity contribution in [2.45, 2.75) is 25.7 Å². The summed E-state index contributed by atoms with van der Waals surface area (Å²) >= 11 is 0. The Morgan fingerprint density at radius 2 is 1.27 bits per heavy atom. The van der Waals surface area contributed by atoms with Gasteiger partial charge in [-0.1, -0.05) is 54.6 Å². The molecule has 0 atom stereocenters. The van der Waals surface area contributed by atoms with E-state index in [4.69, 9.17) is 0 Å². The fraction of sp³-hybridized carbons (Fsp3) is 0.148. The van der Waals surface area contributed by atoms with Gasteiger partial charge in [-0.25, -0.2) is 0 Å². The molecule has 1 aliphatic heterocycles. The van der Waals surface area contributed by atoms with Gasteiger partial charge >= 0.3 is 0 Å². The van der Waals surface area contributed by atoms with Crippen molar-refractivity contribution in [3.8, 4) is 11.1 Å². The maximum Gasteiger partial charge on any atom is 0.262 e. The number of allylic oxidation sites excluding steroid dienone is 1. The number of rotatable bonds is 2. The van der Waals surface area contributed by atoms with E-state index in [0.717, 1.165) is 36.8 Å². The molecule has 0 aromatic heterocycles. The van der Waals surface area contributed by atoms with E-state index < -0.39 is 0 Å². The molecular weight excluding hydrogens is 370 g/mol. The van der Waals surface area contributed by atoms with E-state index in [2.05, 4.69) is 42.5 Å². The highest BCUT2D eigenvalue weighted by Gasteiger charge is 2.36. The molecular formula is C27H20NO2.